The maximum atomic E-state index is 17.2. The van der Waals surface area contributed by atoms with Crippen LogP contribution in [-0.4, -0.2) is 40.7 Å². The second-order valence-electron chi connectivity index (χ2n) is 12.3. The Morgan fingerprint density at radius 1 is 1.07 bits per heavy atom. The van der Waals surface area contributed by atoms with Gasteiger partial charge in [0.2, 0.25) is 17.3 Å². The number of nitrogens with zero attached hydrogens (tertiary/aromatic N) is 6. The number of anilines is 1. The summed E-state index contributed by atoms with van der Waals surface area (Å²) in [6.45, 7) is 12.0. The molecule has 0 amide bonds. The van der Waals surface area contributed by atoms with Crippen molar-refractivity contribution in [3.63, 3.8) is 0 Å². The predicted molar refractivity (Wildman–Crippen MR) is 157 cm³/mol. The third kappa shape index (κ3) is 5.08. The topological polar surface area (TPSA) is 127 Å². The Balaban J connectivity index is 1.58. The van der Waals surface area contributed by atoms with Crippen LogP contribution >= 0.6 is 11.3 Å². The smallest absolute Gasteiger partial charge is 0.365 e. The predicted octanol–water partition coefficient (Wildman–Crippen LogP) is 6.46. The number of halogens is 1. The Morgan fingerprint density at radius 3 is 2.39 bits per heavy atom. The average molecular weight is 583 g/mol. The zero-order chi connectivity index (χ0) is 29.1. The fourth-order valence-corrected chi connectivity index (χ4v) is 7.50. The average Bonchev–Trinajstić information content (AvgIpc) is 3.59. The number of aromatic nitrogens is 7. The minimum atomic E-state index is -1.97. The summed E-state index contributed by atoms with van der Waals surface area (Å²) >= 11 is 1.49. The number of alkyl halides is 1. The normalized spacial score (nSPS) is 22.8. The van der Waals surface area contributed by atoms with Crippen LogP contribution in [0.4, 0.5) is 10.2 Å². The first-order valence-electron chi connectivity index (χ1n) is 14.8. The van der Waals surface area contributed by atoms with E-state index in [9.17, 15) is 4.79 Å². The number of hydrogen-bond donors (Lipinski definition) is 2. The van der Waals surface area contributed by atoms with Crippen LogP contribution in [0, 0.1) is 31.6 Å². The molecule has 0 radical (unpaired) electrons. The molecule has 220 valence electrons. The van der Waals surface area contributed by atoms with Crippen molar-refractivity contribution in [2.75, 3.05) is 5.32 Å². The van der Waals surface area contributed by atoms with Gasteiger partial charge in [-0.15, -0.1) is 11.3 Å². The highest BCUT2D eigenvalue weighted by Gasteiger charge is 2.42. The minimum absolute atomic E-state index is 0.0431. The van der Waals surface area contributed by atoms with Crippen molar-refractivity contribution in [2.45, 2.75) is 104 Å². The summed E-state index contributed by atoms with van der Waals surface area (Å²) in [7, 11) is 0. The first-order chi connectivity index (χ1) is 19.5. The number of aromatic amines is 1. The van der Waals surface area contributed by atoms with Gasteiger partial charge < -0.3 is 9.88 Å². The maximum absolute atomic E-state index is 17.2. The van der Waals surface area contributed by atoms with Gasteiger partial charge in [0, 0.05) is 17.0 Å². The molecule has 2 aliphatic carbocycles. The summed E-state index contributed by atoms with van der Waals surface area (Å²) in [6, 6.07) is 0.0994. The highest BCUT2D eigenvalue weighted by atomic mass is 32.1. The molecule has 2 aliphatic rings. The Kier molecular flexibility index (Phi) is 7.24. The van der Waals surface area contributed by atoms with Crippen LogP contribution in [0.2, 0.25) is 0 Å². The molecule has 0 bridgehead atoms. The van der Waals surface area contributed by atoms with Crippen LogP contribution in [0.5, 0.6) is 0 Å². The largest absolute Gasteiger partial charge is 0.439 e. The number of aryl methyl sites for hydroxylation is 2. The standard InChI is InChI=1S/C29H39FN8O2S/c1-14-10-12-20(13-11-14)16(3)38-21-23(31-15(2)19-8-7-9-19)33-25(26-36-28(39)40-37-26)34-24(21)35-27(38)29(6,30)22-17(4)41-18(5)32-22/h14-16,19-20H,7-13H2,1-6H3,(H,31,33,34)(H,36,37,39). The first-order valence-corrected chi connectivity index (χ1v) is 15.6. The summed E-state index contributed by atoms with van der Waals surface area (Å²) in [5, 5.41) is 8.26. The van der Waals surface area contributed by atoms with Gasteiger partial charge in [0.1, 0.15) is 5.52 Å². The van der Waals surface area contributed by atoms with Gasteiger partial charge in [-0.05, 0) is 78.1 Å². The molecule has 41 heavy (non-hydrogen) atoms. The van der Waals surface area contributed by atoms with Gasteiger partial charge in [0.25, 0.3) is 0 Å². The molecule has 6 rings (SSSR count). The van der Waals surface area contributed by atoms with E-state index >= 15 is 4.39 Å². The molecular formula is C29H39FN8O2S. The van der Waals surface area contributed by atoms with E-state index in [1.165, 1.54) is 17.8 Å². The fourth-order valence-electron chi connectivity index (χ4n) is 6.59. The Hall–Kier alpha value is -3.15. The summed E-state index contributed by atoms with van der Waals surface area (Å²) in [4.78, 5) is 34.2. The number of rotatable bonds is 8. The number of hydrogen-bond acceptors (Lipinski definition) is 9. The van der Waals surface area contributed by atoms with Crippen LogP contribution < -0.4 is 11.1 Å². The molecular weight excluding hydrogens is 543 g/mol. The minimum Gasteiger partial charge on any atom is -0.365 e. The third-order valence-corrected chi connectivity index (χ3v) is 10.2. The van der Waals surface area contributed by atoms with Crippen molar-refractivity contribution in [3.05, 3.63) is 32.0 Å². The summed E-state index contributed by atoms with van der Waals surface area (Å²) in [5.74, 6) is 1.99. The van der Waals surface area contributed by atoms with E-state index in [-0.39, 0.29) is 29.6 Å². The molecule has 10 nitrogen and oxygen atoms in total. The van der Waals surface area contributed by atoms with Crippen LogP contribution in [0.25, 0.3) is 22.8 Å². The molecule has 2 fully saturated rings. The molecule has 12 heteroatoms. The molecule has 2 N–H and O–H groups in total. The van der Waals surface area contributed by atoms with Gasteiger partial charge in [0.05, 0.1) is 10.7 Å². The van der Waals surface area contributed by atoms with E-state index in [1.54, 1.807) is 6.92 Å². The van der Waals surface area contributed by atoms with Gasteiger partial charge in [-0.3, -0.25) is 9.51 Å². The Labute approximate surface area is 242 Å². The van der Waals surface area contributed by atoms with E-state index < -0.39 is 11.4 Å². The van der Waals surface area contributed by atoms with Gasteiger partial charge in [-0.2, -0.15) is 0 Å². The molecule has 0 aromatic carbocycles. The Morgan fingerprint density at radius 2 is 1.80 bits per heavy atom. The zero-order valence-electron chi connectivity index (χ0n) is 24.6. The van der Waals surface area contributed by atoms with Crippen molar-refractivity contribution in [1.29, 1.82) is 0 Å². The lowest BCUT2D eigenvalue weighted by molar-refractivity contribution is 0.189. The van der Waals surface area contributed by atoms with E-state index in [0.29, 0.717) is 40.4 Å². The summed E-state index contributed by atoms with van der Waals surface area (Å²) < 4.78 is 24.0. The lowest BCUT2D eigenvalue weighted by Gasteiger charge is -2.35. The van der Waals surface area contributed by atoms with Gasteiger partial charge >= 0.3 is 5.76 Å². The van der Waals surface area contributed by atoms with Crippen LogP contribution in [0.1, 0.15) is 100 Å². The molecule has 0 aliphatic heterocycles. The lowest BCUT2D eigenvalue weighted by Crippen LogP contribution is -2.32. The van der Waals surface area contributed by atoms with Crippen molar-refractivity contribution >= 4 is 28.3 Å². The van der Waals surface area contributed by atoms with Gasteiger partial charge in [-0.25, -0.2) is 29.1 Å². The summed E-state index contributed by atoms with van der Waals surface area (Å²) in [5.41, 5.74) is -0.570. The molecule has 4 aromatic heterocycles. The number of nitrogens with one attached hydrogen (secondary N) is 2. The van der Waals surface area contributed by atoms with Gasteiger partial charge in [0.15, 0.2) is 17.3 Å². The second-order valence-corrected chi connectivity index (χ2v) is 13.7. The number of H-pyrrole nitrogens is 1. The van der Waals surface area contributed by atoms with Crippen LogP contribution in [0.3, 0.4) is 0 Å². The van der Waals surface area contributed by atoms with Crippen molar-refractivity contribution in [1.82, 2.24) is 34.6 Å². The molecule has 4 aromatic rings. The third-order valence-electron chi connectivity index (χ3n) is 9.34. The zero-order valence-corrected chi connectivity index (χ0v) is 25.4. The number of fused-ring (bicyclic) bond motifs is 1. The lowest BCUT2D eigenvalue weighted by atomic mass is 9.79. The van der Waals surface area contributed by atoms with E-state index in [1.807, 2.05) is 18.4 Å². The molecule has 4 heterocycles. The van der Waals surface area contributed by atoms with Crippen molar-refractivity contribution < 1.29 is 8.91 Å². The second kappa shape index (κ2) is 10.6. The molecule has 0 saturated heterocycles. The monoisotopic (exact) mass is 582 g/mol. The quantitative estimate of drug-likeness (QED) is 0.242. The summed E-state index contributed by atoms with van der Waals surface area (Å²) in [6.07, 6.45) is 7.96. The van der Waals surface area contributed by atoms with E-state index in [0.717, 1.165) is 48.4 Å². The Bertz CT molecular complexity index is 1610. The van der Waals surface area contributed by atoms with E-state index in [2.05, 4.69) is 41.2 Å². The van der Waals surface area contributed by atoms with Crippen molar-refractivity contribution in [2.24, 2.45) is 17.8 Å². The van der Waals surface area contributed by atoms with E-state index in [4.69, 9.17) is 19.5 Å². The first kappa shape index (κ1) is 28.0. The number of imidazole rings is 1. The van der Waals surface area contributed by atoms with Crippen LogP contribution in [0.15, 0.2) is 9.32 Å². The number of thiazole rings is 1. The van der Waals surface area contributed by atoms with Gasteiger partial charge in [-0.1, -0.05) is 31.3 Å². The van der Waals surface area contributed by atoms with Crippen LogP contribution in [-0.2, 0) is 5.67 Å². The highest BCUT2D eigenvalue weighted by molar-refractivity contribution is 7.11. The molecule has 3 atom stereocenters. The molecule has 0 spiro atoms. The molecule has 3 unspecified atom stereocenters. The fraction of sp³-hybridized carbons (Fsp3) is 0.655. The SMILES string of the molecule is Cc1nc(C(C)(F)c2nc3nc(-c4noc(=O)[nH]4)nc(NC(C)C4CCC4)c3n2C(C)C2CCC(C)CC2)c(C)s1. The highest BCUT2D eigenvalue weighted by Crippen LogP contribution is 2.44. The van der Waals surface area contributed by atoms with Crippen molar-refractivity contribution in [3.8, 4) is 11.6 Å². The maximum Gasteiger partial charge on any atom is 0.439 e. The molecule has 2 saturated carbocycles.